The van der Waals surface area contributed by atoms with Gasteiger partial charge in [-0.25, -0.2) is 0 Å². The molecule has 2 heteroatoms. The molecule has 0 radical (unpaired) electrons. The van der Waals surface area contributed by atoms with Crippen LogP contribution in [0.3, 0.4) is 0 Å². The zero-order valence-corrected chi connectivity index (χ0v) is 11.9. The van der Waals surface area contributed by atoms with Crippen LogP contribution in [0.15, 0.2) is 22.7 Å². The second-order valence-corrected chi connectivity index (χ2v) is 6.62. The highest BCUT2D eigenvalue weighted by Crippen LogP contribution is 2.48. The largest absolute Gasteiger partial charge is 0.381 e. The van der Waals surface area contributed by atoms with Crippen LogP contribution in [-0.4, -0.2) is 13.2 Å². The minimum absolute atomic E-state index is 0.510. The Morgan fingerprint density at radius 2 is 1.88 bits per heavy atom. The maximum absolute atomic E-state index is 5.48. The molecule has 1 aromatic carbocycles. The van der Waals surface area contributed by atoms with E-state index >= 15 is 0 Å². The van der Waals surface area contributed by atoms with Crippen molar-refractivity contribution in [1.29, 1.82) is 0 Å². The van der Waals surface area contributed by atoms with Crippen LogP contribution in [-0.2, 0) is 17.6 Å². The summed E-state index contributed by atoms with van der Waals surface area (Å²) in [5, 5.41) is 0. The van der Waals surface area contributed by atoms with Gasteiger partial charge >= 0.3 is 0 Å². The normalized spacial score (nSPS) is 31.8. The molecule has 0 saturated heterocycles. The molecule has 0 N–H and O–H groups in total. The van der Waals surface area contributed by atoms with E-state index < -0.39 is 0 Å². The summed E-state index contributed by atoms with van der Waals surface area (Å²) >= 11 is 3.58. The Hall–Kier alpha value is -0.340. The zero-order chi connectivity index (χ0) is 11.9. The van der Waals surface area contributed by atoms with Crippen molar-refractivity contribution in [1.82, 2.24) is 0 Å². The van der Waals surface area contributed by atoms with Crippen molar-refractivity contribution in [2.45, 2.75) is 44.6 Å². The molecule has 0 atom stereocenters. The number of methoxy groups -OCH3 is 1. The number of hydrogen-bond acceptors (Lipinski definition) is 1. The lowest BCUT2D eigenvalue weighted by atomic mass is 9.71. The Morgan fingerprint density at radius 1 is 1.18 bits per heavy atom. The summed E-state index contributed by atoms with van der Waals surface area (Å²) in [7, 11) is 1.85. The van der Waals surface area contributed by atoms with Gasteiger partial charge in [-0.05, 0) is 67.2 Å². The van der Waals surface area contributed by atoms with E-state index in [2.05, 4.69) is 34.1 Å². The third-order valence-corrected chi connectivity index (χ3v) is 5.12. The highest BCUT2D eigenvalue weighted by molar-refractivity contribution is 9.10. The highest BCUT2D eigenvalue weighted by atomic mass is 79.9. The second-order valence-electron chi connectivity index (χ2n) is 5.70. The van der Waals surface area contributed by atoms with E-state index in [0.717, 1.165) is 0 Å². The smallest absolute Gasteiger partial charge is 0.0571 e. The minimum atomic E-state index is 0.510. The first-order chi connectivity index (χ1) is 8.21. The summed E-state index contributed by atoms with van der Waals surface area (Å²) in [6, 6.07) is 6.79. The molecule has 0 amide bonds. The molecule has 2 aliphatic carbocycles. The molecule has 0 aromatic heterocycles. The Balaban J connectivity index is 1.77. The second kappa shape index (κ2) is 4.40. The van der Waals surface area contributed by atoms with Crippen LogP contribution in [0.4, 0.5) is 0 Å². The summed E-state index contributed by atoms with van der Waals surface area (Å²) in [4.78, 5) is 0. The fourth-order valence-corrected chi connectivity index (χ4v) is 4.00. The Morgan fingerprint density at radius 3 is 2.59 bits per heavy atom. The van der Waals surface area contributed by atoms with Gasteiger partial charge in [0.05, 0.1) is 6.10 Å². The molecule has 1 nitrogen and oxygen atoms in total. The predicted molar refractivity (Wildman–Crippen MR) is 73.2 cm³/mol. The van der Waals surface area contributed by atoms with Gasteiger partial charge in [-0.1, -0.05) is 22.0 Å². The number of benzene rings is 1. The molecule has 3 rings (SSSR count). The number of halogens is 1. The number of fused-ring (bicyclic) bond motifs is 1. The molecule has 1 saturated carbocycles. The molecule has 1 aromatic rings. The van der Waals surface area contributed by atoms with Crippen LogP contribution in [0.1, 0.15) is 36.8 Å². The van der Waals surface area contributed by atoms with Gasteiger partial charge in [0.1, 0.15) is 0 Å². The van der Waals surface area contributed by atoms with Gasteiger partial charge in [-0.3, -0.25) is 0 Å². The topological polar surface area (TPSA) is 9.23 Å². The lowest BCUT2D eigenvalue weighted by Crippen LogP contribution is -2.31. The molecule has 0 bridgehead atoms. The quantitative estimate of drug-likeness (QED) is 0.757. The van der Waals surface area contributed by atoms with Gasteiger partial charge in [-0.15, -0.1) is 0 Å². The van der Waals surface area contributed by atoms with Gasteiger partial charge < -0.3 is 4.74 Å². The Labute approximate surface area is 112 Å². The average molecular weight is 295 g/mol. The molecule has 1 spiro atoms. The first-order valence-corrected chi connectivity index (χ1v) is 7.30. The van der Waals surface area contributed by atoms with Gasteiger partial charge in [0, 0.05) is 11.6 Å². The van der Waals surface area contributed by atoms with Crippen molar-refractivity contribution in [3.05, 3.63) is 33.8 Å². The highest BCUT2D eigenvalue weighted by Gasteiger charge is 2.40. The monoisotopic (exact) mass is 294 g/mol. The maximum Gasteiger partial charge on any atom is 0.0571 e. The first kappa shape index (κ1) is 11.7. The van der Waals surface area contributed by atoms with E-state index in [1.807, 2.05) is 7.11 Å². The molecule has 17 heavy (non-hydrogen) atoms. The van der Waals surface area contributed by atoms with Gasteiger partial charge in [-0.2, -0.15) is 0 Å². The summed E-state index contributed by atoms with van der Waals surface area (Å²) < 4.78 is 6.70. The van der Waals surface area contributed by atoms with E-state index in [-0.39, 0.29) is 0 Å². The van der Waals surface area contributed by atoms with E-state index in [1.165, 1.54) is 43.0 Å². The predicted octanol–water partition coefficient (Wildman–Crippen LogP) is 4.12. The summed E-state index contributed by atoms with van der Waals surface area (Å²) in [5.41, 5.74) is 3.69. The van der Waals surface area contributed by atoms with Crippen LogP contribution in [0, 0.1) is 5.41 Å². The van der Waals surface area contributed by atoms with Crippen LogP contribution in [0.5, 0.6) is 0 Å². The minimum Gasteiger partial charge on any atom is -0.381 e. The lowest BCUT2D eigenvalue weighted by molar-refractivity contribution is 0.0298. The lowest BCUT2D eigenvalue weighted by Gasteiger charge is -2.36. The van der Waals surface area contributed by atoms with Crippen molar-refractivity contribution in [3.8, 4) is 0 Å². The van der Waals surface area contributed by atoms with Crippen molar-refractivity contribution < 1.29 is 4.74 Å². The average Bonchev–Trinajstić information content (AvgIpc) is 2.67. The summed E-state index contributed by atoms with van der Waals surface area (Å²) in [6.07, 6.45) is 8.22. The Kier molecular flexibility index (Phi) is 3.04. The molecular weight excluding hydrogens is 276 g/mol. The third kappa shape index (κ3) is 2.17. The maximum atomic E-state index is 5.48. The van der Waals surface area contributed by atoms with E-state index in [1.54, 1.807) is 11.1 Å². The van der Waals surface area contributed by atoms with Gasteiger partial charge in [0.15, 0.2) is 0 Å². The van der Waals surface area contributed by atoms with Crippen LogP contribution in [0.2, 0.25) is 0 Å². The third-order valence-electron chi connectivity index (χ3n) is 4.63. The number of ether oxygens (including phenoxy) is 1. The molecule has 2 aliphatic rings. The molecule has 92 valence electrons. The van der Waals surface area contributed by atoms with E-state index in [0.29, 0.717) is 11.5 Å². The molecule has 1 fully saturated rings. The van der Waals surface area contributed by atoms with Gasteiger partial charge in [0.2, 0.25) is 0 Å². The number of rotatable bonds is 1. The fraction of sp³-hybridized carbons (Fsp3) is 0.600. The summed E-state index contributed by atoms with van der Waals surface area (Å²) in [5.74, 6) is 0. The van der Waals surface area contributed by atoms with Crippen molar-refractivity contribution in [2.24, 2.45) is 5.41 Å². The van der Waals surface area contributed by atoms with Crippen molar-refractivity contribution >= 4 is 15.9 Å². The molecule has 0 aliphatic heterocycles. The number of hydrogen-bond donors (Lipinski definition) is 0. The molecule has 0 unspecified atom stereocenters. The van der Waals surface area contributed by atoms with Crippen molar-refractivity contribution in [2.75, 3.05) is 7.11 Å². The standard InChI is InChI=1S/C15H19BrO/c1-17-14-4-6-15(7-5-14)9-11-2-3-13(16)8-12(11)10-15/h2-3,8,14H,4-7,9-10H2,1H3. The van der Waals surface area contributed by atoms with E-state index in [4.69, 9.17) is 4.74 Å². The SMILES string of the molecule is COC1CCC2(CC1)Cc1ccc(Br)cc1C2. The Bertz CT molecular complexity index is 419. The molecule has 0 heterocycles. The van der Waals surface area contributed by atoms with Crippen LogP contribution >= 0.6 is 15.9 Å². The van der Waals surface area contributed by atoms with Gasteiger partial charge in [0.25, 0.3) is 0 Å². The fourth-order valence-electron chi connectivity index (χ4n) is 3.59. The van der Waals surface area contributed by atoms with Crippen molar-refractivity contribution in [3.63, 3.8) is 0 Å². The van der Waals surface area contributed by atoms with Crippen LogP contribution in [0.25, 0.3) is 0 Å². The molecular formula is C15H19BrO. The van der Waals surface area contributed by atoms with E-state index in [9.17, 15) is 0 Å². The first-order valence-electron chi connectivity index (χ1n) is 6.51. The summed E-state index contributed by atoms with van der Waals surface area (Å²) in [6.45, 7) is 0. The zero-order valence-electron chi connectivity index (χ0n) is 10.3. The van der Waals surface area contributed by atoms with Crippen LogP contribution < -0.4 is 0 Å².